The molecule has 0 saturated heterocycles. The Morgan fingerprint density at radius 3 is 2.79 bits per heavy atom. The van der Waals surface area contributed by atoms with Crippen molar-refractivity contribution in [2.45, 2.75) is 6.92 Å². The summed E-state index contributed by atoms with van der Waals surface area (Å²) in [6.07, 6.45) is 0. The SMILES string of the molecule is Cc1ccc(-c2nc(C(=O)O)no2)o1. The van der Waals surface area contributed by atoms with Crippen molar-refractivity contribution in [3.05, 3.63) is 23.7 Å². The Bertz CT molecular complexity index is 471. The van der Waals surface area contributed by atoms with Crippen molar-refractivity contribution in [2.75, 3.05) is 0 Å². The number of nitrogens with zero attached hydrogens (tertiary/aromatic N) is 2. The molecule has 2 rings (SSSR count). The minimum Gasteiger partial charge on any atom is -0.475 e. The molecule has 2 heterocycles. The number of hydrogen-bond donors (Lipinski definition) is 1. The lowest BCUT2D eigenvalue weighted by Crippen LogP contribution is -1.98. The molecule has 0 amide bonds. The molecule has 0 radical (unpaired) electrons. The van der Waals surface area contributed by atoms with Crippen LogP contribution in [0.5, 0.6) is 0 Å². The molecule has 0 bridgehead atoms. The number of aromatic carboxylic acids is 1. The van der Waals surface area contributed by atoms with Gasteiger partial charge in [-0.15, -0.1) is 0 Å². The molecule has 0 atom stereocenters. The first-order valence-corrected chi connectivity index (χ1v) is 3.80. The molecule has 72 valence electrons. The fraction of sp³-hybridized carbons (Fsp3) is 0.125. The Labute approximate surface area is 78.2 Å². The maximum absolute atomic E-state index is 10.4. The van der Waals surface area contributed by atoms with Crippen molar-refractivity contribution in [2.24, 2.45) is 0 Å². The van der Waals surface area contributed by atoms with Crippen molar-refractivity contribution < 1.29 is 18.8 Å². The highest BCUT2D eigenvalue weighted by molar-refractivity contribution is 5.83. The normalized spacial score (nSPS) is 10.4. The summed E-state index contributed by atoms with van der Waals surface area (Å²) < 4.78 is 9.86. The number of carbonyl (C=O) groups is 1. The monoisotopic (exact) mass is 194 g/mol. The third-order valence-electron chi connectivity index (χ3n) is 1.57. The van der Waals surface area contributed by atoms with Gasteiger partial charge in [0.15, 0.2) is 5.76 Å². The van der Waals surface area contributed by atoms with E-state index in [0.29, 0.717) is 11.5 Å². The van der Waals surface area contributed by atoms with E-state index >= 15 is 0 Å². The molecule has 0 spiro atoms. The van der Waals surface area contributed by atoms with E-state index in [1.54, 1.807) is 19.1 Å². The average molecular weight is 194 g/mol. The zero-order chi connectivity index (χ0) is 10.1. The van der Waals surface area contributed by atoms with Crippen LogP contribution < -0.4 is 0 Å². The summed E-state index contributed by atoms with van der Waals surface area (Å²) in [7, 11) is 0. The maximum Gasteiger partial charge on any atom is 0.377 e. The number of hydrogen-bond acceptors (Lipinski definition) is 5. The largest absolute Gasteiger partial charge is 0.475 e. The smallest absolute Gasteiger partial charge is 0.377 e. The van der Waals surface area contributed by atoms with Crippen LogP contribution in [-0.2, 0) is 0 Å². The number of furan rings is 1. The molecule has 0 aliphatic carbocycles. The van der Waals surface area contributed by atoms with Crippen LogP contribution >= 0.6 is 0 Å². The highest BCUT2D eigenvalue weighted by Crippen LogP contribution is 2.19. The van der Waals surface area contributed by atoms with Crippen molar-refractivity contribution in [1.82, 2.24) is 10.1 Å². The maximum atomic E-state index is 10.4. The molecule has 0 aromatic carbocycles. The van der Waals surface area contributed by atoms with Crippen molar-refractivity contribution in [3.8, 4) is 11.7 Å². The van der Waals surface area contributed by atoms with Crippen LogP contribution in [0.2, 0.25) is 0 Å². The third-order valence-corrected chi connectivity index (χ3v) is 1.57. The van der Waals surface area contributed by atoms with Gasteiger partial charge >= 0.3 is 5.97 Å². The van der Waals surface area contributed by atoms with Gasteiger partial charge in [0.1, 0.15) is 5.76 Å². The molecule has 14 heavy (non-hydrogen) atoms. The molecule has 2 aromatic rings. The van der Waals surface area contributed by atoms with Gasteiger partial charge in [0.05, 0.1) is 0 Å². The zero-order valence-corrected chi connectivity index (χ0v) is 7.22. The molecule has 1 N–H and O–H groups in total. The molecule has 0 aliphatic heterocycles. The minimum absolute atomic E-state index is 0.0653. The van der Waals surface area contributed by atoms with Crippen LogP contribution in [0.1, 0.15) is 16.4 Å². The Kier molecular flexibility index (Phi) is 1.81. The lowest BCUT2D eigenvalue weighted by Gasteiger charge is -1.84. The number of aromatic nitrogens is 2. The first-order chi connectivity index (χ1) is 6.66. The van der Waals surface area contributed by atoms with Crippen molar-refractivity contribution >= 4 is 5.97 Å². The van der Waals surface area contributed by atoms with E-state index in [1.807, 2.05) is 0 Å². The summed E-state index contributed by atoms with van der Waals surface area (Å²) in [5.74, 6) is -0.495. The van der Waals surface area contributed by atoms with Crippen LogP contribution in [0.4, 0.5) is 0 Å². The van der Waals surface area contributed by atoms with Crippen LogP contribution in [0.25, 0.3) is 11.7 Å². The second-order valence-corrected chi connectivity index (χ2v) is 2.64. The highest BCUT2D eigenvalue weighted by Gasteiger charge is 2.16. The molecule has 0 unspecified atom stereocenters. The summed E-state index contributed by atoms with van der Waals surface area (Å²) in [5, 5.41) is 11.8. The van der Waals surface area contributed by atoms with Gasteiger partial charge in [0.2, 0.25) is 0 Å². The Morgan fingerprint density at radius 1 is 1.50 bits per heavy atom. The second-order valence-electron chi connectivity index (χ2n) is 2.64. The average Bonchev–Trinajstić information content (AvgIpc) is 2.70. The van der Waals surface area contributed by atoms with Gasteiger partial charge < -0.3 is 14.0 Å². The minimum atomic E-state index is -1.23. The van der Waals surface area contributed by atoms with E-state index in [9.17, 15) is 4.79 Å². The van der Waals surface area contributed by atoms with Gasteiger partial charge in [-0.05, 0) is 24.2 Å². The molecule has 2 aromatic heterocycles. The highest BCUT2D eigenvalue weighted by atomic mass is 16.5. The van der Waals surface area contributed by atoms with Crippen molar-refractivity contribution in [3.63, 3.8) is 0 Å². The Balaban J connectivity index is 2.38. The van der Waals surface area contributed by atoms with E-state index in [1.165, 1.54) is 0 Å². The molecule has 6 nitrogen and oxygen atoms in total. The van der Waals surface area contributed by atoms with Crippen LogP contribution in [-0.4, -0.2) is 21.2 Å². The summed E-state index contributed by atoms with van der Waals surface area (Å²) >= 11 is 0. The van der Waals surface area contributed by atoms with Gasteiger partial charge in [-0.2, -0.15) is 4.98 Å². The third kappa shape index (κ3) is 1.37. The standard InChI is InChI=1S/C8H6N2O4/c1-4-2-3-5(13-4)7-9-6(8(11)12)10-14-7/h2-3H,1H3,(H,11,12). The Hall–Kier alpha value is -2.11. The quantitative estimate of drug-likeness (QED) is 0.775. The number of carboxylic acids is 1. The van der Waals surface area contributed by atoms with E-state index in [2.05, 4.69) is 14.7 Å². The van der Waals surface area contributed by atoms with Gasteiger partial charge in [0, 0.05) is 0 Å². The van der Waals surface area contributed by atoms with Gasteiger partial charge in [-0.1, -0.05) is 0 Å². The first-order valence-electron chi connectivity index (χ1n) is 3.80. The molecule has 0 fully saturated rings. The van der Waals surface area contributed by atoms with E-state index < -0.39 is 5.97 Å². The van der Waals surface area contributed by atoms with Crippen molar-refractivity contribution in [1.29, 1.82) is 0 Å². The molecular weight excluding hydrogens is 188 g/mol. The zero-order valence-electron chi connectivity index (χ0n) is 7.22. The number of aryl methyl sites for hydroxylation is 1. The van der Waals surface area contributed by atoms with E-state index in [0.717, 1.165) is 0 Å². The fourth-order valence-electron chi connectivity index (χ4n) is 0.960. The predicted octanol–water partition coefficient (Wildman–Crippen LogP) is 1.34. The van der Waals surface area contributed by atoms with E-state index in [-0.39, 0.29) is 11.7 Å². The number of carboxylic acid groups (broad SMARTS) is 1. The van der Waals surface area contributed by atoms with Gasteiger partial charge in [-0.25, -0.2) is 4.79 Å². The number of rotatable bonds is 2. The van der Waals surface area contributed by atoms with Gasteiger partial charge in [-0.3, -0.25) is 0 Å². The predicted molar refractivity (Wildman–Crippen MR) is 43.7 cm³/mol. The lowest BCUT2D eigenvalue weighted by molar-refractivity contribution is 0.0680. The summed E-state index contributed by atoms with van der Waals surface area (Å²) in [4.78, 5) is 14.1. The molecular formula is C8H6N2O4. The second kappa shape index (κ2) is 2.99. The van der Waals surface area contributed by atoms with Gasteiger partial charge in [0.25, 0.3) is 11.7 Å². The van der Waals surface area contributed by atoms with Crippen LogP contribution in [0, 0.1) is 6.92 Å². The van der Waals surface area contributed by atoms with Crippen LogP contribution in [0.15, 0.2) is 21.1 Å². The molecule has 6 heteroatoms. The fourth-order valence-corrected chi connectivity index (χ4v) is 0.960. The lowest BCUT2D eigenvalue weighted by atomic mass is 10.4. The first kappa shape index (κ1) is 8.49. The molecule has 0 aliphatic rings. The topological polar surface area (TPSA) is 89.4 Å². The Morgan fingerprint density at radius 2 is 2.29 bits per heavy atom. The summed E-state index contributed by atoms with van der Waals surface area (Å²) in [5.41, 5.74) is 0. The van der Waals surface area contributed by atoms with Crippen LogP contribution in [0.3, 0.4) is 0 Å². The summed E-state index contributed by atoms with van der Waals surface area (Å²) in [6, 6.07) is 3.36. The molecule has 0 saturated carbocycles. The summed E-state index contributed by atoms with van der Waals surface area (Å²) in [6.45, 7) is 1.76. The van der Waals surface area contributed by atoms with E-state index in [4.69, 9.17) is 9.52 Å².